The van der Waals surface area contributed by atoms with Crippen LogP contribution in [0.1, 0.15) is 22.6 Å². The second-order valence-corrected chi connectivity index (χ2v) is 7.04. The standard InChI is InChI=1S/C22H16ClN3O2/c1-27-17-10-16-18(12-6-8-13(23)9-7-12)19-21(24)25-11-26-22(19)28-20(16)15-5-3-2-4-14(15)17/h2-11,18H,1H3,(H2,24,25,26). The van der Waals surface area contributed by atoms with Crippen molar-refractivity contribution in [3.63, 3.8) is 0 Å². The van der Waals surface area contributed by atoms with Gasteiger partial charge >= 0.3 is 0 Å². The third-order valence-corrected chi connectivity index (χ3v) is 5.34. The van der Waals surface area contributed by atoms with Crippen LogP contribution in [0.3, 0.4) is 0 Å². The number of methoxy groups -OCH3 is 1. The van der Waals surface area contributed by atoms with E-state index in [1.165, 1.54) is 6.33 Å². The minimum atomic E-state index is -0.198. The average molecular weight is 390 g/mol. The van der Waals surface area contributed by atoms with Gasteiger partial charge in [0.05, 0.1) is 12.7 Å². The van der Waals surface area contributed by atoms with Crippen molar-refractivity contribution in [3.05, 3.63) is 82.6 Å². The van der Waals surface area contributed by atoms with Gasteiger partial charge in [0.15, 0.2) is 0 Å². The quantitative estimate of drug-likeness (QED) is 0.451. The maximum absolute atomic E-state index is 6.25. The van der Waals surface area contributed by atoms with Gasteiger partial charge in [-0.1, -0.05) is 48.0 Å². The number of hydrogen-bond donors (Lipinski definition) is 1. The van der Waals surface area contributed by atoms with E-state index in [1.807, 2.05) is 54.6 Å². The molecular weight excluding hydrogens is 374 g/mol. The summed E-state index contributed by atoms with van der Waals surface area (Å²) in [7, 11) is 1.67. The molecule has 3 aromatic carbocycles. The smallest absolute Gasteiger partial charge is 0.228 e. The van der Waals surface area contributed by atoms with E-state index < -0.39 is 0 Å². The number of nitrogens with two attached hydrogens (primary N) is 1. The third-order valence-electron chi connectivity index (χ3n) is 5.09. The van der Waals surface area contributed by atoms with Gasteiger partial charge in [0.1, 0.15) is 23.6 Å². The van der Waals surface area contributed by atoms with Crippen LogP contribution in [0.25, 0.3) is 10.8 Å². The maximum Gasteiger partial charge on any atom is 0.228 e. The molecule has 1 aliphatic rings. The van der Waals surface area contributed by atoms with Gasteiger partial charge in [-0.3, -0.25) is 0 Å². The van der Waals surface area contributed by atoms with Crippen LogP contribution in [0.15, 0.2) is 60.9 Å². The fraction of sp³-hybridized carbons (Fsp3) is 0.0909. The molecule has 5 nitrogen and oxygen atoms in total. The summed E-state index contributed by atoms with van der Waals surface area (Å²) >= 11 is 6.11. The maximum atomic E-state index is 6.25. The molecule has 28 heavy (non-hydrogen) atoms. The Morgan fingerprint density at radius 3 is 2.54 bits per heavy atom. The Morgan fingerprint density at radius 1 is 1.04 bits per heavy atom. The van der Waals surface area contributed by atoms with Gasteiger partial charge in [-0.2, -0.15) is 0 Å². The van der Waals surface area contributed by atoms with E-state index in [0.717, 1.165) is 39.0 Å². The molecule has 0 saturated carbocycles. The molecule has 1 aromatic heterocycles. The highest BCUT2D eigenvalue weighted by atomic mass is 35.5. The number of fused-ring (bicyclic) bond motifs is 4. The van der Waals surface area contributed by atoms with Crippen molar-refractivity contribution < 1.29 is 9.47 Å². The summed E-state index contributed by atoms with van der Waals surface area (Å²) < 4.78 is 11.9. The van der Waals surface area contributed by atoms with Gasteiger partial charge in [-0.05, 0) is 23.8 Å². The summed E-state index contributed by atoms with van der Waals surface area (Å²) in [4.78, 5) is 8.54. The molecule has 1 aliphatic heterocycles. The number of anilines is 1. The monoisotopic (exact) mass is 389 g/mol. The van der Waals surface area contributed by atoms with Gasteiger partial charge in [-0.15, -0.1) is 0 Å². The first-order valence-electron chi connectivity index (χ1n) is 8.80. The first kappa shape index (κ1) is 16.8. The molecule has 0 bridgehead atoms. The summed E-state index contributed by atoms with van der Waals surface area (Å²) in [5, 5.41) is 2.60. The zero-order valence-electron chi connectivity index (χ0n) is 15.0. The van der Waals surface area contributed by atoms with E-state index in [-0.39, 0.29) is 5.92 Å². The molecule has 0 spiro atoms. The summed E-state index contributed by atoms with van der Waals surface area (Å²) in [6.07, 6.45) is 1.42. The van der Waals surface area contributed by atoms with Crippen molar-refractivity contribution in [2.24, 2.45) is 0 Å². The van der Waals surface area contributed by atoms with Crippen LogP contribution in [-0.2, 0) is 0 Å². The molecule has 5 rings (SSSR count). The molecule has 0 aliphatic carbocycles. The van der Waals surface area contributed by atoms with Crippen molar-refractivity contribution in [1.29, 1.82) is 0 Å². The molecule has 0 radical (unpaired) electrons. The molecule has 0 fully saturated rings. The average Bonchev–Trinajstić information content (AvgIpc) is 2.73. The minimum Gasteiger partial charge on any atom is -0.496 e. The number of hydrogen-bond acceptors (Lipinski definition) is 5. The highest BCUT2D eigenvalue weighted by molar-refractivity contribution is 6.30. The van der Waals surface area contributed by atoms with Crippen LogP contribution in [0.4, 0.5) is 5.82 Å². The lowest BCUT2D eigenvalue weighted by Crippen LogP contribution is -2.16. The lowest BCUT2D eigenvalue weighted by molar-refractivity contribution is 0.413. The zero-order chi connectivity index (χ0) is 19.3. The molecule has 6 heteroatoms. The summed E-state index contributed by atoms with van der Waals surface area (Å²) in [6.45, 7) is 0. The van der Waals surface area contributed by atoms with Crippen LogP contribution >= 0.6 is 11.6 Å². The van der Waals surface area contributed by atoms with Crippen molar-refractivity contribution >= 4 is 28.2 Å². The van der Waals surface area contributed by atoms with E-state index in [4.69, 9.17) is 26.8 Å². The normalized spacial score (nSPS) is 14.9. The summed E-state index contributed by atoms with van der Waals surface area (Å²) in [5.74, 6) is 2.19. The van der Waals surface area contributed by atoms with Gasteiger partial charge in [0.25, 0.3) is 0 Å². The molecule has 1 unspecified atom stereocenters. The Kier molecular flexibility index (Phi) is 3.84. The van der Waals surface area contributed by atoms with Gasteiger partial charge in [0, 0.05) is 27.3 Å². The summed E-state index contributed by atoms with van der Waals surface area (Å²) in [6, 6.07) is 17.7. The lowest BCUT2D eigenvalue weighted by Gasteiger charge is -2.29. The van der Waals surface area contributed by atoms with Crippen LogP contribution in [0.2, 0.25) is 5.02 Å². The molecule has 1 atom stereocenters. The first-order valence-corrected chi connectivity index (χ1v) is 9.18. The Morgan fingerprint density at radius 2 is 1.79 bits per heavy atom. The number of rotatable bonds is 2. The Balaban J connectivity index is 1.87. The number of ether oxygens (including phenoxy) is 2. The second kappa shape index (κ2) is 6.39. The Hall–Kier alpha value is -3.31. The predicted molar refractivity (Wildman–Crippen MR) is 109 cm³/mol. The van der Waals surface area contributed by atoms with E-state index in [9.17, 15) is 0 Å². The minimum absolute atomic E-state index is 0.198. The molecule has 138 valence electrons. The van der Waals surface area contributed by atoms with Crippen molar-refractivity contribution in [1.82, 2.24) is 9.97 Å². The molecule has 2 heterocycles. The molecule has 2 N–H and O–H groups in total. The predicted octanol–water partition coefficient (Wildman–Crippen LogP) is 5.16. The van der Waals surface area contributed by atoms with E-state index >= 15 is 0 Å². The zero-order valence-corrected chi connectivity index (χ0v) is 15.8. The lowest BCUT2D eigenvalue weighted by atomic mass is 9.82. The van der Waals surface area contributed by atoms with Gasteiger partial charge < -0.3 is 15.2 Å². The van der Waals surface area contributed by atoms with E-state index in [2.05, 4.69) is 9.97 Å². The van der Waals surface area contributed by atoms with Crippen molar-refractivity contribution in [3.8, 4) is 17.4 Å². The Bertz CT molecular complexity index is 1210. The molecular formula is C22H16ClN3O2. The van der Waals surface area contributed by atoms with E-state index in [1.54, 1.807) is 7.11 Å². The SMILES string of the molecule is COc1cc2c(c3ccccc13)Oc1ncnc(N)c1C2c1ccc(Cl)cc1. The van der Waals surface area contributed by atoms with Gasteiger partial charge in [0.2, 0.25) is 5.88 Å². The van der Waals surface area contributed by atoms with Crippen LogP contribution in [-0.4, -0.2) is 17.1 Å². The molecule has 0 saturated heterocycles. The van der Waals surface area contributed by atoms with Crippen LogP contribution in [0.5, 0.6) is 17.4 Å². The van der Waals surface area contributed by atoms with Crippen molar-refractivity contribution in [2.75, 3.05) is 12.8 Å². The van der Waals surface area contributed by atoms with Crippen molar-refractivity contribution in [2.45, 2.75) is 5.92 Å². The fourth-order valence-corrected chi connectivity index (χ4v) is 3.96. The van der Waals surface area contributed by atoms with Gasteiger partial charge in [-0.25, -0.2) is 9.97 Å². The largest absolute Gasteiger partial charge is 0.496 e. The second-order valence-electron chi connectivity index (χ2n) is 6.61. The number of nitrogen functional groups attached to an aromatic ring is 1. The molecule has 4 aromatic rings. The van der Waals surface area contributed by atoms with Crippen LogP contribution in [0, 0.1) is 0 Å². The number of nitrogens with zero attached hydrogens (tertiary/aromatic N) is 2. The number of benzene rings is 3. The topological polar surface area (TPSA) is 70.3 Å². The van der Waals surface area contributed by atoms with E-state index in [0.29, 0.717) is 16.7 Å². The Labute approximate surface area is 166 Å². The highest BCUT2D eigenvalue weighted by Gasteiger charge is 2.34. The first-order chi connectivity index (χ1) is 13.7. The van der Waals surface area contributed by atoms with Crippen LogP contribution < -0.4 is 15.2 Å². The number of halogens is 1. The fourth-order valence-electron chi connectivity index (χ4n) is 3.83. The third kappa shape index (κ3) is 2.47. The summed E-state index contributed by atoms with van der Waals surface area (Å²) in [5.41, 5.74) is 8.97. The molecule has 0 amide bonds. The highest BCUT2D eigenvalue weighted by Crippen LogP contribution is 2.52. The number of aromatic nitrogens is 2.